The second kappa shape index (κ2) is 9.18. The Labute approximate surface area is 145 Å². The molecule has 0 aliphatic heterocycles. The summed E-state index contributed by atoms with van der Waals surface area (Å²) in [5, 5.41) is 0. The Hall–Kier alpha value is -2.20. The molecule has 24 heavy (non-hydrogen) atoms. The number of hydrogen-bond donors (Lipinski definition) is 0. The van der Waals surface area contributed by atoms with E-state index in [-0.39, 0.29) is 0 Å². The quantitative estimate of drug-likeness (QED) is 0.700. The van der Waals surface area contributed by atoms with E-state index in [0.717, 1.165) is 42.2 Å². The third-order valence-corrected chi connectivity index (χ3v) is 3.85. The van der Waals surface area contributed by atoms with Crippen molar-refractivity contribution < 1.29 is 14.2 Å². The van der Waals surface area contributed by atoms with Gasteiger partial charge in [0.2, 0.25) is 0 Å². The molecule has 0 heterocycles. The van der Waals surface area contributed by atoms with Crippen molar-refractivity contribution in [3.05, 3.63) is 53.6 Å². The summed E-state index contributed by atoms with van der Waals surface area (Å²) >= 11 is 0. The lowest BCUT2D eigenvalue weighted by molar-refractivity contribution is 0.280. The van der Waals surface area contributed by atoms with Crippen LogP contribution in [-0.2, 0) is 13.0 Å². The average molecular weight is 329 g/mol. The highest BCUT2D eigenvalue weighted by Crippen LogP contribution is 2.32. The molecule has 0 bridgehead atoms. The third kappa shape index (κ3) is 5.17. The third-order valence-electron chi connectivity index (χ3n) is 3.85. The Morgan fingerprint density at radius 1 is 0.958 bits per heavy atom. The number of para-hydroxylation sites is 1. The van der Waals surface area contributed by atoms with Gasteiger partial charge in [-0.05, 0) is 62.8 Å². The van der Waals surface area contributed by atoms with Gasteiger partial charge in [-0.1, -0.05) is 24.3 Å². The van der Waals surface area contributed by atoms with E-state index in [1.807, 2.05) is 36.4 Å². The number of hydrogen-bond acceptors (Lipinski definition) is 4. The lowest BCUT2D eigenvalue weighted by Gasteiger charge is -2.16. The molecule has 0 N–H and O–H groups in total. The van der Waals surface area contributed by atoms with Gasteiger partial charge in [0, 0.05) is 0 Å². The summed E-state index contributed by atoms with van der Waals surface area (Å²) in [5.74, 6) is 2.45. The van der Waals surface area contributed by atoms with Gasteiger partial charge in [-0.15, -0.1) is 0 Å². The minimum Gasteiger partial charge on any atom is -0.497 e. The summed E-state index contributed by atoms with van der Waals surface area (Å²) in [7, 11) is 7.53. The molecule has 0 unspecified atom stereocenters. The predicted octanol–water partition coefficient (Wildman–Crippen LogP) is 3.78. The molecule has 0 aromatic heterocycles. The van der Waals surface area contributed by atoms with Crippen LogP contribution in [0.3, 0.4) is 0 Å². The molecule has 2 aromatic carbocycles. The van der Waals surface area contributed by atoms with Crippen molar-refractivity contribution in [3.8, 4) is 17.2 Å². The standard InChI is InChI=1S/C20H27NO3/c1-21(2)13-7-10-17-9-6-12-19(23-4)20(17)24-15-16-8-5-11-18(14-16)22-3/h5-6,8-9,11-12,14H,7,10,13,15H2,1-4H3. The van der Waals surface area contributed by atoms with Gasteiger partial charge in [-0.25, -0.2) is 0 Å². The van der Waals surface area contributed by atoms with Gasteiger partial charge < -0.3 is 19.1 Å². The first-order chi connectivity index (χ1) is 11.6. The number of ether oxygens (including phenoxy) is 3. The molecule has 4 heteroatoms. The van der Waals surface area contributed by atoms with Crippen LogP contribution in [0, 0.1) is 0 Å². The van der Waals surface area contributed by atoms with Crippen molar-refractivity contribution >= 4 is 0 Å². The summed E-state index contributed by atoms with van der Waals surface area (Å²) in [6, 6.07) is 14.0. The van der Waals surface area contributed by atoms with Gasteiger partial charge in [0.25, 0.3) is 0 Å². The molecule has 0 radical (unpaired) electrons. The van der Waals surface area contributed by atoms with E-state index >= 15 is 0 Å². The summed E-state index contributed by atoms with van der Waals surface area (Å²) in [5.41, 5.74) is 2.25. The first kappa shape index (κ1) is 18.1. The fraction of sp³-hybridized carbons (Fsp3) is 0.400. The lowest BCUT2D eigenvalue weighted by Crippen LogP contribution is -2.13. The van der Waals surface area contributed by atoms with E-state index in [1.165, 1.54) is 5.56 Å². The zero-order chi connectivity index (χ0) is 17.4. The van der Waals surface area contributed by atoms with Gasteiger partial charge in [0.05, 0.1) is 14.2 Å². The smallest absolute Gasteiger partial charge is 0.164 e. The molecule has 0 amide bonds. The van der Waals surface area contributed by atoms with Gasteiger partial charge >= 0.3 is 0 Å². The van der Waals surface area contributed by atoms with Gasteiger partial charge in [0.1, 0.15) is 12.4 Å². The molecule has 0 aliphatic rings. The minimum atomic E-state index is 0.484. The molecule has 0 fully saturated rings. The fourth-order valence-corrected chi connectivity index (χ4v) is 2.59. The molecule has 0 spiro atoms. The van der Waals surface area contributed by atoms with Crippen LogP contribution in [0.1, 0.15) is 17.5 Å². The fourth-order valence-electron chi connectivity index (χ4n) is 2.59. The maximum Gasteiger partial charge on any atom is 0.164 e. The molecule has 4 nitrogen and oxygen atoms in total. The number of methoxy groups -OCH3 is 2. The second-order valence-electron chi connectivity index (χ2n) is 6.00. The molecule has 0 aliphatic carbocycles. The van der Waals surface area contributed by atoms with Crippen LogP contribution in [0.15, 0.2) is 42.5 Å². The first-order valence-electron chi connectivity index (χ1n) is 8.20. The van der Waals surface area contributed by atoms with Crippen LogP contribution in [0.5, 0.6) is 17.2 Å². The molecular formula is C20H27NO3. The lowest BCUT2D eigenvalue weighted by atomic mass is 10.1. The zero-order valence-corrected chi connectivity index (χ0v) is 15.0. The Morgan fingerprint density at radius 2 is 1.75 bits per heavy atom. The highest BCUT2D eigenvalue weighted by atomic mass is 16.5. The van der Waals surface area contributed by atoms with Crippen molar-refractivity contribution in [2.45, 2.75) is 19.4 Å². The van der Waals surface area contributed by atoms with E-state index in [2.05, 4.69) is 25.1 Å². The normalized spacial score (nSPS) is 10.7. The van der Waals surface area contributed by atoms with Crippen molar-refractivity contribution in [1.82, 2.24) is 4.90 Å². The van der Waals surface area contributed by atoms with Crippen LogP contribution >= 0.6 is 0 Å². The monoisotopic (exact) mass is 329 g/mol. The van der Waals surface area contributed by atoms with Gasteiger partial charge in [-0.3, -0.25) is 0 Å². The second-order valence-corrected chi connectivity index (χ2v) is 6.00. The summed E-state index contributed by atoms with van der Waals surface area (Å²) in [4.78, 5) is 2.19. The van der Waals surface area contributed by atoms with Gasteiger partial charge in [0.15, 0.2) is 11.5 Å². The molecular weight excluding hydrogens is 302 g/mol. The number of nitrogens with zero attached hydrogens (tertiary/aromatic N) is 1. The van der Waals surface area contributed by atoms with Crippen LogP contribution in [-0.4, -0.2) is 39.8 Å². The van der Waals surface area contributed by atoms with Crippen LogP contribution in [0.2, 0.25) is 0 Å². The van der Waals surface area contributed by atoms with Crippen LogP contribution in [0.25, 0.3) is 0 Å². The largest absolute Gasteiger partial charge is 0.497 e. The zero-order valence-electron chi connectivity index (χ0n) is 15.0. The molecule has 130 valence electrons. The van der Waals surface area contributed by atoms with Crippen molar-refractivity contribution in [2.75, 3.05) is 34.9 Å². The predicted molar refractivity (Wildman–Crippen MR) is 97.2 cm³/mol. The van der Waals surface area contributed by atoms with E-state index in [1.54, 1.807) is 14.2 Å². The summed E-state index contributed by atoms with van der Waals surface area (Å²) < 4.78 is 16.9. The summed E-state index contributed by atoms with van der Waals surface area (Å²) in [6.45, 7) is 1.53. The number of benzene rings is 2. The average Bonchev–Trinajstić information content (AvgIpc) is 2.60. The summed E-state index contributed by atoms with van der Waals surface area (Å²) in [6.07, 6.45) is 2.04. The van der Waals surface area contributed by atoms with Crippen molar-refractivity contribution in [2.24, 2.45) is 0 Å². The van der Waals surface area contributed by atoms with Gasteiger partial charge in [-0.2, -0.15) is 0 Å². The maximum absolute atomic E-state index is 6.11. The van der Waals surface area contributed by atoms with E-state index in [0.29, 0.717) is 6.61 Å². The molecule has 2 aromatic rings. The Bertz CT molecular complexity index is 641. The van der Waals surface area contributed by atoms with E-state index < -0.39 is 0 Å². The van der Waals surface area contributed by atoms with Crippen LogP contribution < -0.4 is 14.2 Å². The van der Waals surface area contributed by atoms with Crippen molar-refractivity contribution in [3.63, 3.8) is 0 Å². The Balaban J connectivity index is 2.11. The van der Waals surface area contributed by atoms with E-state index in [4.69, 9.17) is 14.2 Å². The Morgan fingerprint density at radius 3 is 2.46 bits per heavy atom. The highest BCUT2D eigenvalue weighted by molar-refractivity contribution is 5.47. The number of rotatable bonds is 9. The van der Waals surface area contributed by atoms with Crippen LogP contribution in [0.4, 0.5) is 0 Å². The first-order valence-corrected chi connectivity index (χ1v) is 8.20. The molecule has 0 saturated heterocycles. The van der Waals surface area contributed by atoms with E-state index in [9.17, 15) is 0 Å². The molecule has 0 saturated carbocycles. The van der Waals surface area contributed by atoms with Crippen molar-refractivity contribution in [1.29, 1.82) is 0 Å². The maximum atomic E-state index is 6.11. The SMILES string of the molecule is COc1cccc(COc2c(CCCN(C)C)cccc2OC)c1. The topological polar surface area (TPSA) is 30.9 Å². The number of aryl methyl sites for hydroxylation is 1. The highest BCUT2D eigenvalue weighted by Gasteiger charge is 2.11. The molecule has 0 atom stereocenters. The molecule has 2 rings (SSSR count). The minimum absolute atomic E-state index is 0.484. The Kier molecular flexibility index (Phi) is 6.94.